The minimum absolute atomic E-state index is 0.0112. The first-order valence-corrected chi connectivity index (χ1v) is 7.48. The monoisotopic (exact) mass is 305 g/mol. The van der Waals surface area contributed by atoms with E-state index in [1.807, 2.05) is 0 Å². The number of nitrogens with zero attached hydrogens (tertiary/aromatic N) is 2. The van der Waals surface area contributed by atoms with Crippen LogP contribution in [0.1, 0.15) is 17.3 Å². The molecular formula is C16H23N3O3. The molecule has 0 unspecified atom stereocenters. The van der Waals surface area contributed by atoms with Crippen molar-refractivity contribution in [3.05, 3.63) is 29.8 Å². The number of hydrogen-bond donors (Lipinski definition) is 1. The Hall–Kier alpha value is -1.92. The summed E-state index contributed by atoms with van der Waals surface area (Å²) >= 11 is 0. The lowest BCUT2D eigenvalue weighted by Crippen LogP contribution is -2.50. The molecule has 2 amide bonds. The first-order chi connectivity index (χ1) is 10.6. The summed E-state index contributed by atoms with van der Waals surface area (Å²) in [4.78, 5) is 27.7. The lowest BCUT2D eigenvalue weighted by atomic mass is 10.1. The van der Waals surface area contributed by atoms with E-state index in [1.54, 1.807) is 36.3 Å². The van der Waals surface area contributed by atoms with Crippen LogP contribution in [0.5, 0.6) is 0 Å². The molecule has 0 aliphatic carbocycles. The van der Waals surface area contributed by atoms with Crippen LogP contribution in [0.25, 0.3) is 0 Å². The zero-order valence-corrected chi connectivity index (χ0v) is 13.2. The number of rotatable bonds is 5. The number of hydrogen-bond acceptors (Lipinski definition) is 4. The quantitative estimate of drug-likeness (QED) is 0.841. The third kappa shape index (κ3) is 4.54. The van der Waals surface area contributed by atoms with Gasteiger partial charge in [0.25, 0.3) is 0 Å². The van der Waals surface area contributed by atoms with E-state index in [9.17, 15) is 9.59 Å². The summed E-state index contributed by atoms with van der Waals surface area (Å²) < 4.78 is 5.07. The van der Waals surface area contributed by atoms with Crippen LogP contribution in [-0.2, 0) is 4.74 Å². The highest BCUT2D eigenvalue weighted by Gasteiger charge is 2.20. The molecule has 120 valence electrons. The van der Waals surface area contributed by atoms with Crippen molar-refractivity contribution in [1.82, 2.24) is 9.80 Å². The van der Waals surface area contributed by atoms with Gasteiger partial charge in [-0.05, 0) is 19.1 Å². The number of piperazine rings is 1. The smallest absolute Gasteiger partial charge is 0.321 e. The third-order valence-corrected chi connectivity index (χ3v) is 3.79. The largest absolute Gasteiger partial charge is 0.383 e. The van der Waals surface area contributed by atoms with Gasteiger partial charge in [-0.2, -0.15) is 0 Å². The van der Waals surface area contributed by atoms with Crippen LogP contribution in [-0.4, -0.2) is 68.1 Å². The van der Waals surface area contributed by atoms with E-state index in [4.69, 9.17) is 4.74 Å². The van der Waals surface area contributed by atoms with Gasteiger partial charge in [0, 0.05) is 51.1 Å². The van der Waals surface area contributed by atoms with Gasteiger partial charge in [0.05, 0.1) is 6.61 Å². The molecule has 1 saturated heterocycles. The molecular weight excluding hydrogens is 282 g/mol. The van der Waals surface area contributed by atoms with E-state index in [2.05, 4.69) is 10.2 Å². The molecule has 1 aromatic rings. The number of Topliss-reactive ketones (excluding diaryl/α,β-unsaturated/α-hetero) is 1. The van der Waals surface area contributed by atoms with Gasteiger partial charge < -0.3 is 15.0 Å². The van der Waals surface area contributed by atoms with Crippen LogP contribution in [0, 0.1) is 0 Å². The van der Waals surface area contributed by atoms with Crippen molar-refractivity contribution in [2.45, 2.75) is 6.92 Å². The molecule has 1 N–H and O–H groups in total. The zero-order valence-electron chi connectivity index (χ0n) is 13.2. The molecule has 0 aromatic heterocycles. The van der Waals surface area contributed by atoms with E-state index in [0.717, 1.165) is 19.6 Å². The Morgan fingerprint density at radius 1 is 1.23 bits per heavy atom. The molecule has 0 spiro atoms. The lowest BCUT2D eigenvalue weighted by molar-refractivity contribution is 0.101. The van der Waals surface area contributed by atoms with Gasteiger partial charge in [-0.25, -0.2) is 4.79 Å². The topological polar surface area (TPSA) is 61.9 Å². The molecule has 0 saturated carbocycles. The van der Waals surface area contributed by atoms with E-state index < -0.39 is 0 Å². The highest BCUT2D eigenvalue weighted by atomic mass is 16.5. The average molecular weight is 305 g/mol. The van der Waals surface area contributed by atoms with Crippen LogP contribution < -0.4 is 5.32 Å². The number of amides is 2. The highest BCUT2D eigenvalue weighted by Crippen LogP contribution is 2.12. The molecule has 1 heterocycles. The van der Waals surface area contributed by atoms with E-state index in [1.165, 1.54) is 6.92 Å². The van der Waals surface area contributed by atoms with Crippen molar-refractivity contribution in [3.8, 4) is 0 Å². The van der Waals surface area contributed by atoms with Crippen molar-refractivity contribution in [3.63, 3.8) is 0 Å². The Bertz CT molecular complexity index is 525. The van der Waals surface area contributed by atoms with Gasteiger partial charge >= 0.3 is 6.03 Å². The molecule has 1 aliphatic heterocycles. The number of ketones is 1. The zero-order chi connectivity index (χ0) is 15.9. The fourth-order valence-electron chi connectivity index (χ4n) is 2.41. The fraction of sp³-hybridized carbons (Fsp3) is 0.500. The number of benzene rings is 1. The molecule has 1 aromatic carbocycles. The number of carbonyl (C=O) groups is 2. The van der Waals surface area contributed by atoms with E-state index in [0.29, 0.717) is 30.9 Å². The van der Waals surface area contributed by atoms with Crippen LogP contribution in [0.4, 0.5) is 10.5 Å². The number of methoxy groups -OCH3 is 1. The van der Waals surface area contributed by atoms with Gasteiger partial charge in [-0.1, -0.05) is 12.1 Å². The normalized spacial score (nSPS) is 15.6. The SMILES string of the molecule is COCCN1CCN(C(=O)Nc2cccc(C(C)=O)c2)CC1. The minimum Gasteiger partial charge on any atom is -0.383 e. The first kappa shape index (κ1) is 16.5. The Balaban J connectivity index is 1.85. The summed E-state index contributed by atoms with van der Waals surface area (Å²) in [7, 11) is 1.69. The van der Waals surface area contributed by atoms with Crippen LogP contribution in [0.2, 0.25) is 0 Å². The van der Waals surface area contributed by atoms with Crippen LogP contribution in [0.3, 0.4) is 0 Å². The van der Waals surface area contributed by atoms with Crippen molar-refractivity contribution < 1.29 is 14.3 Å². The molecule has 1 fully saturated rings. The molecule has 2 rings (SSSR count). The summed E-state index contributed by atoms with van der Waals surface area (Å²) in [6.07, 6.45) is 0. The Morgan fingerprint density at radius 2 is 1.95 bits per heavy atom. The van der Waals surface area contributed by atoms with Gasteiger partial charge in [-0.15, -0.1) is 0 Å². The second kappa shape index (κ2) is 7.91. The third-order valence-electron chi connectivity index (χ3n) is 3.79. The number of ether oxygens (including phenoxy) is 1. The van der Waals surface area contributed by atoms with Gasteiger partial charge in [0.1, 0.15) is 0 Å². The number of urea groups is 1. The highest BCUT2D eigenvalue weighted by molar-refractivity contribution is 5.96. The maximum atomic E-state index is 12.3. The van der Waals surface area contributed by atoms with Crippen molar-refractivity contribution in [2.75, 3.05) is 51.8 Å². The second-order valence-electron chi connectivity index (χ2n) is 5.39. The van der Waals surface area contributed by atoms with Crippen molar-refractivity contribution in [1.29, 1.82) is 0 Å². The Labute approximate surface area is 131 Å². The Kier molecular flexibility index (Phi) is 5.91. The van der Waals surface area contributed by atoms with Gasteiger partial charge in [0.15, 0.2) is 5.78 Å². The fourth-order valence-corrected chi connectivity index (χ4v) is 2.41. The molecule has 6 heteroatoms. The lowest BCUT2D eigenvalue weighted by Gasteiger charge is -2.34. The Morgan fingerprint density at radius 3 is 2.59 bits per heavy atom. The maximum absolute atomic E-state index is 12.3. The first-order valence-electron chi connectivity index (χ1n) is 7.48. The van der Waals surface area contributed by atoms with Crippen LogP contribution in [0.15, 0.2) is 24.3 Å². The average Bonchev–Trinajstić information content (AvgIpc) is 2.53. The summed E-state index contributed by atoms with van der Waals surface area (Å²) in [5, 5.41) is 2.86. The molecule has 22 heavy (non-hydrogen) atoms. The molecule has 6 nitrogen and oxygen atoms in total. The predicted octanol–water partition coefficient (Wildman–Crippen LogP) is 1.69. The molecule has 0 radical (unpaired) electrons. The minimum atomic E-state index is -0.118. The summed E-state index contributed by atoms with van der Waals surface area (Å²) in [5.41, 5.74) is 1.25. The molecule has 0 atom stereocenters. The van der Waals surface area contributed by atoms with Crippen molar-refractivity contribution >= 4 is 17.5 Å². The van der Waals surface area contributed by atoms with Gasteiger partial charge in [-0.3, -0.25) is 9.69 Å². The maximum Gasteiger partial charge on any atom is 0.321 e. The number of carbonyl (C=O) groups excluding carboxylic acids is 2. The molecule has 0 bridgehead atoms. The summed E-state index contributed by atoms with van der Waals surface area (Å²) in [6.45, 7) is 6.22. The van der Waals surface area contributed by atoms with Crippen molar-refractivity contribution in [2.24, 2.45) is 0 Å². The predicted molar refractivity (Wildman–Crippen MR) is 85.4 cm³/mol. The summed E-state index contributed by atoms with van der Waals surface area (Å²) in [6, 6.07) is 6.89. The summed E-state index contributed by atoms with van der Waals surface area (Å²) in [5.74, 6) is -0.0112. The standard InChI is InChI=1S/C16H23N3O3/c1-13(20)14-4-3-5-15(12-14)17-16(21)19-8-6-18(7-9-19)10-11-22-2/h3-5,12H,6-11H2,1-2H3,(H,17,21). The molecule has 1 aliphatic rings. The van der Waals surface area contributed by atoms with E-state index in [-0.39, 0.29) is 11.8 Å². The van der Waals surface area contributed by atoms with Crippen LogP contribution >= 0.6 is 0 Å². The number of nitrogens with one attached hydrogen (secondary N) is 1. The second-order valence-corrected chi connectivity index (χ2v) is 5.39. The van der Waals surface area contributed by atoms with Gasteiger partial charge in [0.2, 0.25) is 0 Å². The number of anilines is 1. The van der Waals surface area contributed by atoms with E-state index >= 15 is 0 Å².